The van der Waals surface area contributed by atoms with E-state index in [1.54, 1.807) is 0 Å². The maximum atomic E-state index is 12.4. The van der Waals surface area contributed by atoms with Gasteiger partial charge in [-0.05, 0) is 35.7 Å². The fourth-order valence-electron chi connectivity index (χ4n) is 3.18. The molecule has 0 aliphatic heterocycles. The van der Waals surface area contributed by atoms with Gasteiger partial charge in [-0.25, -0.2) is 0 Å². The number of rotatable bonds is 4. The van der Waals surface area contributed by atoms with Gasteiger partial charge in [0.05, 0.1) is 0 Å². The molecule has 1 fully saturated rings. The number of alkyl halides is 3. The molecule has 5 nitrogen and oxygen atoms in total. The van der Waals surface area contributed by atoms with Crippen molar-refractivity contribution in [1.82, 2.24) is 0 Å². The number of ether oxygens (including phenoxy) is 1. The van der Waals surface area contributed by atoms with Crippen molar-refractivity contribution in [2.24, 2.45) is 5.92 Å². The van der Waals surface area contributed by atoms with Gasteiger partial charge < -0.3 is 10.1 Å². The molecule has 1 amide bonds. The molecule has 2 aromatic carbocycles. The van der Waals surface area contributed by atoms with Gasteiger partial charge in [-0.3, -0.25) is 14.4 Å². The summed E-state index contributed by atoms with van der Waals surface area (Å²) in [6, 6.07) is 13.6. The van der Waals surface area contributed by atoms with Crippen molar-refractivity contribution < 1.29 is 32.3 Å². The highest BCUT2D eigenvalue weighted by atomic mass is 19.4. The minimum absolute atomic E-state index is 0.0756. The van der Waals surface area contributed by atoms with Gasteiger partial charge in [-0.2, -0.15) is 0 Å². The number of nitrogens with one attached hydrogen (secondary N) is 1. The maximum Gasteiger partial charge on any atom is 0.573 e. The zero-order valence-electron chi connectivity index (χ0n) is 14.5. The lowest BCUT2D eigenvalue weighted by Crippen LogP contribution is -2.40. The summed E-state index contributed by atoms with van der Waals surface area (Å²) in [6.07, 6.45) is -4.67. The lowest BCUT2D eigenvalue weighted by atomic mass is 9.76. The van der Waals surface area contributed by atoms with E-state index in [0.717, 1.165) is 17.7 Å². The third-order valence-corrected chi connectivity index (χ3v) is 4.43. The molecule has 8 heteroatoms. The summed E-state index contributed by atoms with van der Waals surface area (Å²) in [5, 5.41) is 2.40. The minimum Gasteiger partial charge on any atom is -0.406 e. The molecule has 0 spiro atoms. The molecule has 0 aromatic heterocycles. The molecular formula is C20H16F3NO4. The third kappa shape index (κ3) is 4.76. The van der Waals surface area contributed by atoms with E-state index in [4.69, 9.17) is 0 Å². The Morgan fingerprint density at radius 2 is 1.50 bits per heavy atom. The topological polar surface area (TPSA) is 72.5 Å². The summed E-state index contributed by atoms with van der Waals surface area (Å²) in [5.74, 6) is -3.85. The Morgan fingerprint density at radius 1 is 0.929 bits per heavy atom. The molecule has 0 radical (unpaired) electrons. The van der Waals surface area contributed by atoms with Crippen LogP contribution >= 0.6 is 0 Å². The van der Waals surface area contributed by atoms with E-state index in [9.17, 15) is 27.6 Å². The van der Waals surface area contributed by atoms with Crippen LogP contribution in [-0.4, -0.2) is 23.8 Å². The summed E-state index contributed by atoms with van der Waals surface area (Å²) in [5.41, 5.74) is 1.02. The average molecular weight is 391 g/mol. The van der Waals surface area contributed by atoms with Crippen molar-refractivity contribution in [3.8, 4) is 5.75 Å². The first kappa shape index (κ1) is 19.6. The van der Waals surface area contributed by atoms with Crippen molar-refractivity contribution in [2.75, 3.05) is 5.32 Å². The molecule has 2 aromatic rings. The molecule has 146 valence electrons. The second-order valence-corrected chi connectivity index (χ2v) is 6.44. The Morgan fingerprint density at radius 3 is 2.04 bits per heavy atom. The molecule has 1 aliphatic carbocycles. The zero-order valence-corrected chi connectivity index (χ0v) is 14.5. The van der Waals surface area contributed by atoms with Crippen LogP contribution in [0.4, 0.5) is 18.9 Å². The Hall–Kier alpha value is -3.16. The summed E-state index contributed by atoms with van der Waals surface area (Å²) < 4.78 is 40.2. The third-order valence-electron chi connectivity index (χ3n) is 4.43. The van der Waals surface area contributed by atoms with E-state index < -0.39 is 35.5 Å². The smallest absolute Gasteiger partial charge is 0.406 e. The van der Waals surface area contributed by atoms with Crippen molar-refractivity contribution in [1.29, 1.82) is 0 Å². The van der Waals surface area contributed by atoms with Gasteiger partial charge in [0.1, 0.15) is 5.75 Å². The van der Waals surface area contributed by atoms with Crippen LogP contribution in [0.2, 0.25) is 0 Å². The van der Waals surface area contributed by atoms with Crippen LogP contribution in [0, 0.1) is 5.92 Å². The van der Waals surface area contributed by atoms with Gasteiger partial charge in [0, 0.05) is 18.5 Å². The Balaban J connectivity index is 1.64. The molecule has 28 heavy (non-hydrogen) atoms. The number of carbonyl (C=O) groups excluding carboxylic acids is 3. The molecular weight excluding hydrogens is 375 g/mol. The maximum absolute atomic E-state index is 12.4. The first-order chi connectivity index (χ1) is 13.2. The molecule has 3 rings (SSSR count). The van der Waals surface area contributed by atoms with Gasteiger partial charge in [0.15, 0.2) is 17.5 Å². The van der Waals surface area contributed by atoms with Crippen LogP contribution in [0.5, 0.6) is 5.75 Å². The highest BCUT2D eigenvalue weighted by Crippen LogP contribution is 2.32. The van der Waals surface area contributed by atoms with Crippen LogP contribution in [0.1, 0.15) is 24.3 Å². The Labute approximate surface area is 158 Å². The number of ketones is 2. The van der Waals surface area contributed by atoms with Gasteiger partial charge in [0.25, 0.3) is 0 Å². The number of amides is 1. The monoisotopic (exact) mass is 391 g/mol. The van der Waals surface area contributed by atoms with E-state index in [1.165, 1.54) is 12.1 Å². The van der Waals surface area contributed by atoms with E-state index in [-0.39, 0.29) is 24.4 Å². The lowest BCUT2D eigenvalue weighted by Gasteiger charge is -2.26. The number of benzene rings is 2. The molecule has 0 heterocycles. The molecule has 0 atom stereocenters. The fourth-order valence-corrected chi connectivity index (χ4v) is 3.18. The highest BCUT2D eigenvalue weighted by molar-refractivity contribution is 6.23. The summed E-state index contributed by atoms with van der Waals surface area (Å²) in [7, 11) is 0. The van der Waals surface area contributed by atoms with Crippen LogP contribution in [-0.2, 0) is 14.4 Å². The van der Waals surface area contributed by atoms with E-state index in [2.05, 4.69) is 10.1 Å². The minimum atomic E-state index is -4.82. The quantitative estimate of drug-likeness (QED) is 0.804. The molecule has 1 N–H and O–H groups in total. The summed E-state index contributed by atoms with van der Waals surface area (Å²) >= 11 is 0. The normalized spacial score (nSPS) is 20.0. The van der Waals surface area contributed by atoms with E-state index in [0.29, 0.717) is 0 Å². The lowest BCUT2D eigenvalue weighted by molar-refractivity contribution is -0.274. The molecule has 1 saturated carbocycles. The van der Waals surface area contributed by atoms with Crippen LogP contribution in [0.3, 0.4) is 0 Å². The van der Waals surface area contributed by atoms with E-state index >= 15 is 0 Å². The largest absolute Gasteiger partial charge is 0.573 e. The molecule has 0 unspecified atom stereocenters. The van der Waals surface area contributed by atoms with Gasteiger partial charge >= 0.3 is 6.36 Å². The summed E-state index contributed by atoms with van der Waals surface area (Å²) in [4.78, 5) is 37.2. The van der Waals surface area contributed by atoms with Crippen LogP contribution < -0.4 is 10.1 Å². The first-order valence-electron chi connectivity index (χ1n) is 8.50. The van der Waals surface area contributed by atoms with Crippen LogP contribution in [0.25, 0.3) is 0 Å². The van der Waals surface area contributed by atoms with Crippen molar-refractivity contribution in [2.45, 2.75) is 25.1 Å². The number of hydrogen-bond acceptors (Lipinski definition) is 4. The van der Waals surface area contributed by atoms with E-state index in [1.807, 2.05) is 30.3 Å². The van der Waals surface area contributed by atoms with Crippen molar-refractivity contribution >= 4 is 23.2 Å². The van der Waals surface area contributed by atoms with Gasteiger partial charge in [0.2, 0.25) is 5.91 Å². The predicted molar refractivity (Wildman–Crippen MR) is 93.7 cm³/mol. The molecule has 1 aliphatic rings. The van der Waals surface area contributed by atoms with Gasteiger partial charge in [-0.1, -0.05) is 30.3 Å². The molecule has 0 saturated heterocycles. The van der Waals surface area contributed by atoms with Gasteiger partial charge in [-0.15, -0.1) is 13.2 Å². The standard InChI is InChI=1S/C20H16F3NO4/c21-20(22,23)28-15-8-6-14(7-9-15)24-19(27)18-16(25)10-13(11-17(18)26)12-4-2-1-3-5-12/h1-9,13,18H,10-11H2,(H,24,27). The van der Waals surface area contributed by atoms with Crippen LogP contribution in [0.15, 0.2) is 54.6 Å². The fraction of sp³-hybridized carbons (Fsp3) is 0.250. The Kier molecular flexibility index (Phi) is 5.48. The highest BCUT2D eigenvalue weighted by Gasteiger charge is 2.40. The van der Waals surface area contributed by atoms with Crippen molar-refractivity contribution in [3.63, 3.8) is 0 Å². The average Bonchev–Trinajstić information content (AvgIpc) is 2.62. The predicted octanol–water partition coefficient (Wildman–Crippen LogP) is 3.86. The number of hydrogen-bond donors (Lipinski definition) is 1. The molecule has 0 bridgehead atoms. The number of Topliss-reactive ketones (excluding diaryl/α,β-unsaturated/α-hetero) is 2. The summed E-state index contributed by atoms with van der Waals surface area (Å²) in [6.45, 7) is 0. The second-order valence-electron chi connectivity index (χ2n) is 6.44. The number of carbonyl (C=O) groups is 3. The second kappa shape index (κ2) is 7.84. The Bertz CT molecular complexity index is 861. The SMILES string of the molecule is O=C1CC(c2ccccc2)CC(=O)C1C(=O)Nc1ccc(OC(F)(F)F)cc1. The number of anilines is 1. The first-order valence-corrected chi connectivity index (χ1v) is 8.50. The zero-order chi connectivity index (χ0) is 20.3. The number of halogens is 3. The van der Waals surface area contributed by atoms with Crippen molar-refractivity contribution in [3.05, 3.63) is 60.2 Å².